The van der Waals surface area contributed by atoms with Crippen molar-refractivity contribution in [1.29, 1.82) is 5.26 Å². The number of carbonyl (C=O) groups is 1. The van der Waals surface area contributed by atoms with Crippen molar-refractivity contribution in [3.63, 3.8) is 0 Å². The number of alkyl halides is 4. The molecule has 1 aliphatic rings. The number of benzene rings is 1. The molecule has 3 rings (SSSR count). The first-order valence-corrected chi connectivity index (χ1v) is 9.74. The maximum absolute atomic E-state index is 12.9. The minimum atomic E-state index is -4.49. The first kappa shape index (κ1) is 21.4. The summed E-state index contributed by atoms with van der Waals surface area (Å²) < 4.78 is 48.9. The number of rotatable bonds is 5. The smallest absolute Gasteiger partial charge is 0.416 e. The van der Waals surface area contributed by atoms with Crippen LogP contribution in [0.1, 0.15) is 22.7 Å². The Labute approximate surface area is 178 Å². The highest BCUT2D eigenvalue weighted by Crippen LogP contribution is 2.32. The fourth-order valence-electron chi connectivity index (χ4n) is 3.11. The van der Waals surface area contributed by atoms with Gasteiger partial charge in [0.2, 0.25) is 0 Å². The van der Waals surface area contributed by atoms with Crippen molar-refractivity contribution in [2.75, 3.05) is 13.7 Å². The molecule has 0 bridgehead atoms. The molecule has 2 aromatic rings. The van der Waals surface area contributed by atoms with Crippen LogP contribution in [0.2, 0.25) is 0 Å². The number of nitrogens with one attached hydrogen (secondary N) is 1. The van der Waals surface area contributed by atoms with Crippen molar-refractivity contribution in [3.05, 3.63) is 41.9 Å². The number of likely N-dealkylation sites (tertiary alicyclic amines) is 1. The van der Waals surface area contributed by atoms with Crippen molar-refractivity contribution < 1.29 is 27.1 Å². The van der Waals surface area contributed by atoms with Crippen molar-refractivity contribution in [2.45, 2.75) is 28.7 Å². The predicted molar refractivity (Wildman–Crippen MR) is 104 cm³/mol. The molecule has 154 valence electrons. The quantitative estimate of drug-likeness (QED) is 0.281. The maximum Gasteiger partial charge on any atom is 0.416 e. The Morgan fingerprint density at radius 2 is 2.28 bits per heavy atom. The van der Waals surface area contributed by atoms with Crippen molar-refractivity contribution in [1.82, 2.24) is 15.2 Å². The number of hydrogen-bond acceptors (Lipinski definition) is 6. The molecule has 1 aromatic heterocycles. The highest BCUT2D eigenvalue weighted by atomic mass is 127. The third-order valence-electron chi connectivity index (χ3n) is 4.48. The van der Waals surface area contributed by atoms with Gasteiger partial charge in [-0.05, 0) is 18.6 Å². The van der Waals surface area contributed by atoms with Crippen LogP contribution in [0.3, 0.4) is 0 Å². The number of carbonyl (C=O) groups excluding carboxylic acids is 1. The van der Waals surface area contributed by atoms with Crippen molar-refractivity contribution in [3.8, 4) is 17.5 Å². The van der Waals surface area contributed by atoms with Crippen molar-refractivity contribution >= 4 is 28.5 Å². The Morgan fingerprint density at radius 1 is 1.52 bits per heavy atom. The largest absolute Gasteiger partial charge is 0.432 e. The van der Waals surface area contributed by atoms with Gasteiger partial charge in [0.25, 0.3) is 5.89 Å². The van der Waals surface area contributed by atoms with Gasteiger partial charge in [0.15, 0.2) is 12.0 Å². The van der Waals surface area contributed by atoms with Gasteiger partial charge in [-0.25, -0.2) is 4.98 Å². The number of oxazole rings is 1. The topological polar surface area (TPSA) is 91.4 Å². The molecule has 1 fully saturated rings. The summed E-state index contributed by atoms with van der Waals surface area (Å²) in [5.74, 6) is -0.819. The third kappa shape index (κ3) is 4.64. The maximum atomic E-state index is 12.9. The van der Waals surface area contributed by atoms with E-state index in [0.717, 1.165) is 12.1 Å². The molecule has 0 saturated carbocycles. The van der Waals surface area contributed by atoms with Crippen LogP contribution in [0.5, 0.6) is 0 Å². The molecule has 1 amide bonds. The first-order chi connectivity index (χ1) is 13.7. The van der Waals surface area contributed by atoms with Gasteiger partial charge < -0.3 is 14.5 Å². The predicted octanol–water partition coefficient (Wildman–Crippen LogP) is 3.42. The summed E-state index contributed by atoms with van der Waals surface area (Å²) in [6.07, 6.45) is -0.682. The Kier molecular flexibility index (Phi) is 6.33. The Bertz CT molecular complexity index is 928. The Morgan fingerprint density at radius 3 is 2.93 bits per heavy atom. The van der Waals surface area contributed by atoms with E-state index in [1.807, 2.05) is 0 Å². The lowest BCUT2D eigenvalue weighted by Crippen LogP contribution is -2.41. The summed E-state index contributed by atoms with van der Waals surface area (Å²) in [6, 6.07) is 4.07. The van der Waals surface area contributed by atoms with Crippen LogP contribution in [-0.4, -0.2) is 45.6 Å². The second-order valence-corrected chi connectivity index (χ2v) is 7.69. The summed E-state index contributed by atoms with van der Waals surface area (Å²) in [6.45, 7) is 0.345. The van der Waals surface area contributed by atoms with E-state index in [1.165, 1.54) is 25.4 Å². The van der Waals surface area contributed by atoms with Crippen LogP contribution < -0.4 is 5.32 Å². The molecule has 11 heteroatoms. The SMILES string of the molecule is COC[C@H]1C[C@@H](NC(=O)c2ncc(-c3cccc(C(F)(F)F)c3)o2)C(I)N1C#N. The second kappa shape index (κ2) is 8.58. The van der Waals surface area contributed by atoms with Crippen LogP contribution in [0, 0.1) is 11.5 Å². The monoisotopic (exact) mass is 520 g/mol. The van der Waals surface area contributed by atoms with Gasteiger partial charge >= 0.3 is 12.1 Å². The zero-order valence-electron chi connectivity index (χ0n) is 15.1. The normalized spacial score (nSPS) is 21.8. The molecule has 0 aliphatic carbocycles. The molecule has 3 atom stereocenters. The van der Waals surface area contributed by atoms with Crippen LogP contribution in [0.4, 0.5) is 13.2 Å². The molecule has 29 heavy (non-hydrogen) atoms. The summed E-state index contributed by atoms with van der Waals surface area (Å²) in [5, 5.41) is 12.1. The fraction of sp³-hybridized carbons (Fsp3) is 0.389. The molecular formula is C18H16F3IN4O3. The van der Waals surface area contributed by atoms with Crippen LogP contribution in [0.25, 0.3) is 11.3 Å². The second-order valence-electron chi connectivity index (χ2n) is 6.41. The van der Waals surface area contributed by atoms with Gasteiger partial charge in [0.05, 0.1) is 30.5 Å². The van der Waals surface area contributed by atoms with Gasteiger partial charge in [0.1, 0.15) is 4.05 Å². The van der Waals surface area contributed by atoms with E-state index in [-0.39, 0.29) is 33.3 Å². The van der Waals surface area contributed by atoms with E-state index in [9.17, 15) is 23.2 Å². The van der Waals surface area contributed by atoms with Gasteiger partial charge in [-0.2, -0.15) is 18.4 Å². The molecule has 1 saturated heterocycles. The molecule has 1 N–H and O–H groups in total. The van der Waals surface area contributed by atoms with Gasteiger partial charge in [-0.15, -0.1) is 0 Å². The van der Waals surface area contributed by atoms with Crippen LogP contribution >= 0.6 is 22.6 Å². The summed E-state index contributed by atoms with van der Waals surface area (Å²) in [5.41, 5.74) is -0.660. The zero-order chi connectivity index (χ0) is 21.2. The number of nitriles is 1. The lowest BCUT2D eigenvalue weighted by Gasteiger charge is -2.21. The highest BCUT2D eigenvalue weighted by Gasteiger charge is 2.40. The van der Waals surface area contributed by atoms with E-state index in [1.54, 1.807) is 4.90 Å². The number of halogens is 4. The minimum Gasteiger partial charge on any atom is -0.432 e. The molecular weight excluding hydrogens is 504 g/mol. The van der Waals surface area contributed by atoms with Gasteiger partial charge in [-0.1, -0.05) is 34.7 Å². The van der Waals surface area contributed by atoms with E-state index in [4.69, 9.17) is 9.15 Å². The summed E-state index contributed by atoms with van der Waals surface area (Å²) in [7, 11) is 1.53. The number of amides is 1. The van der Waals surface area contributed by atoms with E-state index in [2.05, 4.69) is 39.1 Å². The molecule has 0 spiro atoms. The molecule has 2 heterocycles. The average molecular weight is 520 g/mol. The number of methoxy groups -OCH3 is 1. The number of nitrogens with zero attached hydrogens (tertiary/aromatic N) is 3. The van der Waals surface area contributed by atoms with Crippen LogP contribution in [0.15, 0.2) is 34.9 Å². The number of aromatic nitrogens is 1. The molecule has 0 radical (unpaired) electrons. The minimum absolute atomic E-state index is 0.0506. The van der Waals surface area contributed by atoms with Gasteiger partial charge in [-0.3, -0.25) is 9.69 Å². The lowest BCUT2D eigenvalue weighted by molar-refractivity contribution is -0.137. The van der Waals surface area contributed by atoms with E-state index in [0.29, 0.717) is 13.0 Å². The molecule has 1 aliphatic heterocycles. The third-order valence-corrected chi connectivity index (χ3v) is 5.95. The van der Waals surface area contributed by atoms with E-state index >= 15 is 0 Å². The van der Waals surface area contributed by atoms with Crippen molar-refractivity contribution in [2.24, 2.45) is 0 Å². The average Bonchev–Trinajstić information content (AvgIpc) is 3.27. The van der Waals surface area contributed by atoms with Gasteiger partial charge in [0, 0.05) is 12.7 Å². The Hall–Kier alpha value is -2.33. The fourth-order valence-corrected chi connectivity index (χ4v) is 4.16. The summed E-state index contributed by atoms with van der Waals surface area (Å²) >= 11 is 2.06. The first-order valence-electron chi connectivity index (χ1n) is 8.50. The lowest BCUT2D eigenvalue weighted by atomic mass is 10.1. The zero-order valence-corrected chi connectivity index (χ0v) is 17.3. The van der Waals surface area contributed by atoms with E-state index < -0.39 is 17.6 Å². The number of ether oxygens (including phenoxy) is 1. The summed E-state index contributed by atoms with van der Waals surface area (Å²) in [4.78, 5) is 17.9. The van der Waals surface area contributed by atoms with Crippen LogP contribution in [-0.2, 0) is 10.9 Å². The Balaban J connectivity index is 1.73. The molecule has 7 nitrogen and oxygen atoms in total. The molecule has 1 unspecified atom stereocenters. The molecule has 1 aromatic carbocycles. The number of hydrogen-bond donors (Lipinski definition) is 1. The standard InChI is InChI=1S/C18H16F3IN4O3/c1-28-8-12-6-13(15(22)26(12)9-23)25-16(27)17-24-7-14(29-17)10-3-2-4-11(5-10)18(19,20)21/h2-5,7,12-13,15H,6,8H2,1H3,(H,25,27)/t12-,13-,15?/m1/s1. The highest BCUT2D eigenvalue weighted by molar-refractivity contribution is 14.1.